The summed E-state index contributed by atoms with van der Waals surface area (Å²) in [5.41, 5.74) is 0. The van der Waals surface area contributed by atoms with Crippen LogP contribution in [-0.2, 0) is 4.43 Å². The van der Waals surface area contributed by atoms with Crippen LogP contribution in [-0.4, -0.2) is 14.8 Å². The minimum atomic E-state index is -0.987. The van der Waals surface area contributed by atoms with Crippen LogP contribution in [0.5, 0.6) is 0 Å². The maximum absolute atomic E-state index is 5.19. The smallest absolute Gasteiger partial charge is 0.234 e. The molecule has 0 heterocycles. The summed E-state index contributed by atoms with van der Waals surface area (Å²) in [4.78, 5) is 0. The van der Waals surface area contributed by atoms with E-state index in [4.69, 9.17) is 4.43 Å². The van der Waals surface area contributed by atoms with E-state index >= 15 is 0 Å². The lowest BCUT2D eigenvalue weighted by molar-refractivity contribution is 0.356. The van der Waals surface area contributed by atoms with Crippen molar-refractivity contribution in [2.75, 3.05) is 6.61 Å². The SMILES string of the molecule is CCO[SiH](S)CC. The van der Waals surface area contributed by atoms with Gasteiger partial charge in [0.1, 0.15) is 0 Å². The van der Waals surface area contributed by atoms with Crippen LogP contribution in [0.15, 0.2) is 0 Å². The molecule has 1 nitrogen and oxygen atoms in total. The molecule has 0 aliphatic heterocycles. The average Bonchev–Trinajstić information content (AvgIpc) is 1.68. The molecular formula is C4H12OSSi. The Morgan fingerprint density at radius 1 is 1.57 bits per heavy atom. The van der Waals surface area contributed by atoms with Gasteiger partial charge in [-0.05, 0) is 13.0 Å². The second-order valence-corrected chi connectivity index (χ2v) is 5.11. The molecule has 1 unspecified atom stereocenters. The van der Waals surface area contributed by atoms with Crippen molar-refractivity contribution >= 4 is 20.3 Å². The summed E-state index contributed by atoms with van der Waals surface area (Å²) in [6, 6.07) is 1.12. The van der Waals surface area contributed by atoms with Gasteiger partial charge in [0.05, 0.1) is 0 Å². The predicted molar refractivity (Wildman–Crippen MR) is 38.2 cm³/mol. The molecule has 0 bridgehead atoms. The minimum absolute atomic E-state index is 0.828. The average molecular weight is 136 g/mol. The van der Waals surface area contributed by atoms with E-state index in [9.17, 15) is 0 Å². The van der Waals surface area contributed by atoms with Crippen LogP contribution in [0.25, 0.3) is 0 Å². The van der Waals surface area contributed by atoms with E-state index in [1.54, 1.807) is 0 Å². The largest absolute Gasteiger partial charge is 0.410 e. The number of hydrogen-bond acceptors (Lipinski definition) is 2. The van der Waals surface area contributed by atoms with Gasteiger partial charge in [0.2, 0.25) is 8.19 Å². The molecule has 0 amide bonds. The summed E-state index contributed by atoms with van der Waals surface area (Å²) in [6.45, 7) is 4.94. The Morgan fingerprint density at radius 3 is 2.29 bits per heavy atom. The number of thiol groups is 1. The third-order valence-electron chi connectivity index (χ3n) is 0.708. The fraction of sp³-hybridized carbons (Fsp3) is 1.00. The molecule has 0 rings (SSSR count). The maximum atomic E-state index is 5.19. The van der Waals surface area contributed by atoms with Gasteiger partial charge in [0.25, 0.3) is 0 Å². The summed E-state index contributed by atoms with van der Waals surface area (Å²) in [7, 11) is -0.987. The van der Waals surface area contributed by atoms with Crippen LogP contribution in [0, 0.1) is 0 Å². The fourth-order valence-corrected chi connectivity index (χ4v) is 1.38. The first-order chi connectivity index (χ1) is 3.31. The lowest BCUT2D eigenvalue weighted by Crippen LogP contribution is -2.07. The topological polar surface area (TPSA) is 9.23 Å². The molecular weight excluding hydrogens is 124 g/mol. The Balaban J connectivity index is 2.83. The summed E-state index contributed by atoms with van der Waals surface area (Å²) < 4.78 is 5.19. The van der Waals surface area contributed by atoms with Gasteiger partial charge < -0.3 is 4.43 Å². The van der Waals surface area contributed by atoms with Crippen molar-refractivity contribution in [3.8, 4) is 0 Å². The van der Waals surface area contributed by atoms with E-state index in [1.165, 1.54) is 0 Å². The monoisotopic (exact) mass is 136 g/mol. The van der Waals surface area contributed by atoms with Crippen LogP contribution in [0.2, 0.25) is 6.04 Å². The molecule has 0 aliphatic carbocycles. The quantitative estimate of drug-likeness (QED) is 0.453. The number of rotatable bonds is 3. The van der Waals surface area contributed by atoms with Crippen LogP contribution in [0.3, 0.4) is 0 Å². The van der Waals surface area contributed by atoms with E-state index in [0.29, 0.717) is 0 Å². The fourth-order valence-electron chi connectivity index (χ4n) is 0.310. The van der Waals surface area contributed by atoms with Gasteiger partial charge in [0.15, 0.2) is 0 Å². The lowest BCUT2D eigenvalue weighted by atomic mass is 10.9. The maximum Gasteiger partial charge on any atom is 0.234 e. The second-order valence-electron chi connectivity index (χ2n) is 1.32. The highest BCUT2D eigenvalue weighted by molar-refractivity contribution is 8.09. The molecule has 1 atom stereocenters. The van der Waals surface area contributed by atoms with Crippen molar-refractivity contribution in [3.05, 3.63) is 0 Å². The van der Waals surface area contributed by atoms with Gasteiger partial charge in [-0.2, -0.15) is 12.1 Å². The molecule has 7 heavy (non-hydrogen) atoms. The van der Waals surface area contributed by atoms with Crippen LogP contribution >= 0.6 is 12.1 Å². The van der Waals surface area contributed by atoms with Crippen molar-refractivity contribution in [1.29, 1.82) is 0 Å². The number of hydrogen-bond donors (Lipinski definition) is 1. The van der Waals surface area contributed by atoms with Crippen LogP contribution in [0.1, 0.15) is 13.8 Å². The summed E-state index contributed by atoms with van der Waals surface area (Å²) in [5, 5.41) is 0. The van der Waals surface area contributed by atoms with Gasteiger partial charge in [-0.25, -0.2) is 0 Å². The Hall–Kier alpha value is 0.527. The minimum Gasteiger partial charge on any atom is -0.410 e. The molecule has 0 saturated heterocycles. The highest BCUT2D eigenvalue weighted by atomic mass is 32.3. The van der Waals surface area contributed by atoms with Crippen molar-refractivity contribution in [2.24, 2.45) is 0 Å². The van der Waals surface area contributed by atoms with Gasteiger partial charge in [-0.15, -0.1) is 0 Å². The summed E-state index contributed by atoms with van der Waals surface area (Å²) in [5.74, 6) is 0. The molecule has 0 aromatic heterocycles. The molecule has 0 N–H and O–H groups in total. The van der Waals surface area contributed by atoms with Gasteiger partial charge in [-0.3, -0.25) is 0 Å². The predicted octanol–water partition coefficient (Wildman–Crippen LogP) is 1.19. The molecule has 0 aromatic carbocycles. The Labute approximate surface area is 51.8 Å². The van der Waals surface area contributed by atoms with Crippen molar-refractivity contribution in [1.82, 2.24) is 0 Å². The molecule has 3 heteroatoms. The first kappa shape index (κ1) is 7.53. The van der Waals surface area contributed by atoms with Crippen LogP contribution < -0.4 is 0 Å². The highest BCUT2D eigenvalue weighted by Gasteiger charge is 1.97. The van der Waals surface area contributed by atoms with Gasteiger partial charge in [0, 0.05) is 6.61 Å². The summed E-state index contributed by atoms with van der Waals surface area (Å²) in [6.07, 6.45) is 0. The van der Waals surface area contributed by atoms with E-state index in [2.05, 4.69) is 19.0 Å². The van der Waals surface area contributed by atoms with Crippen molar-refractivity contribution in [2.45, 2.75) is 19.9 Å². The van der Waals surface area contributed by atoms with Gasteiger partial charge in [-0.1, -0.05) is 6.92 Å². The zero-order valence-corrected chi connectivity index (χ0v) is 6.90. The third kappa shape index (κ3) is 4.38. The molecule has 0 spiro atoms. The highest BCUT2D eigenvalue weighted by Crippen LogP contribution is 1.95. The molecule has 0 aliphatic rings. The normalized spacial score (nSPS) is 14.1. The molecule has 0 aromatic rings. The van der Waals surface area contributed by atoms with Gasteiger partial charge >= 0.3 is 0 Å². The van der Waals surface area contributed by atoms with Crippen LogP contribution in [0.4, 0.5) is 0 Å². The second kappa shape index (κ2) is 4.68. The van der Waals surface area contributed by atoms with Crippen molar-refractivity contribution < 1.29 is 4.43 Å². The molecule has 44 valence electrons. The standard InChI is InChI=1S/C4H12OSSi/c1-3-5-7(6)4-2/h6-7H,3-4H2,1-2H3. The van der Waals surface area contributed by atoms with Crippen molar-refractivity contribution in [3.63, 3.8) is 0 Å². The third-order valence-corrected chi connectivity index (χ3v) is 3.67. The Bertz CT molecular complexity index is 42.7. The molecule has 0 fully saturated rings. The first-order valence-corrected chi connectivity index (χ1v) is 5.96. The molecule has 0 radical (unpaired) electrons. The summed E-state index contributed by atoms with van der Waals surface area (Å²) >= 11 is 4.23. The van der Waals surface area contributed by atoms with E-state index in [1.807, 2.05) is 6.92 Å². The van der Waals surface area contributed by atoms with E-state index < -0.39 is 8.19 Å². The Morgan fingerprint density at radius 2 is 2.14 bits per heavy atom. The zero-order valence-electron chi connectivity index (χ0n) is 4.85. The first-order valence-electron chi connectivity index (χ1n) is 2.61. The lowest BCUT2D eigenvalue weighted by Gasteiger charge is -2.02. The van der Waals surface area contributed by atoms with E-state index in [-0.39, 0.29) is 0 Å². The zero-order chi connectivity index (χ0) is 5.70. The Kier molecular flexibility index (Phi) is 5.03. The molecule has 0 saturated carbocycles. The van der Waals surface area contributed by atoms with E-state index in [0.717, 1.165) is 12.7 Å².